The van der Waals surface area contributed by atoms with Crippen molar-refractivity contribution in [3.05, 3.63) is 54.0 Å². The summed E-state index contributed by atoms with van der Waals surface area (Å²) in [6, 6.07) is 10.7. The van der Waals surface area contributed by atoms with Crippen molar-refractivity contribution in [2.75, 3.05) is 32.7 Å². The molecule has 0 aliphatic carbocycles. The van der Waals surface area contributed by atoms with Gasteiger partial charge in [0.15, 0.2) is 0 Å². The smallest absolute Gasteiger partial charge is 0.253 e. The van der Waals surface area contributed by atoms with Crippen LogP contribution in [-0.4, -0.2) is 63.0 Å². The summed E-state index contributed by atoms with van der Waals surface area (Å²) in [4.78, 5) is 26.5. The van der Waals surface area contributed by atoms with Crippen LogP contribution in [0.4, 0.5) is 4.39 Å². The number of amides is 1. The Labute approximate surface area is 231 Å². The number of benzene rings is 2. The van der Waals surface area contributed by atoms with Crippen molar-refractivity contribution < 1.29 is 9.18 Å². The highest BCUT2D eigenvalue weighted by Crippen LogP contribution is 2.32. The molecule has 5 rings (SSSR count). The number of unbranched alkanes of at least 4 members (excludes halogenated alkanes) is 2. The molecule has 1 amide bonds. The minimum Gasteiger partial charge on any atom is -0.360 e. The minimum atomic E-state index is -0.261. The third kappa shape index (κ3) is 6.19. The zero-order chi connectivity index (χ0) is 27.2. The number of likely N-dealkylation sites (tertiary alicyclic amines) is 1. The van der Waals surface area contributed by atoms with E-state index in [1.165, 1.54) is 38.4 Å². The number of hydrogen-bond donors (Lipinski definition) is 1. The first-order chi connectivity index (χ1) is 19.1. The molecule has 1 saturated heterocycles. The lowest BCUT2D eigenvalue weighted by Gasteiger charge is -2.26. The lowest BCUT2D eigenvalue weighted by molar-refractivity contribution is 0.0751. The van der Waals surface area contributed by atoms with Gasteiger partial charge in [0.05, 0.1) is 11.0 Å². The van der Waals surface area contributed by atoms with E-state index in [1.54, 1.807) is 12.1 Å². The van der Waals surface area contributed by atoms with Gasteiger partial charge in [0.2, 0.25) is 0 Å². The Morgan fingerprint density at radius 2 is 1.74 bits per heavy atom. The quantitative estimate of drug-likeness (QED) is 0.210. The normalized spacial score (nSPS) is 14.4. The van der Waals surface area contributed by atoms with E-state index in [0.29, 0.717) is 5.56 Å². The molecule has 0 saturated carbocycles. The summed E-state index contributed by atoms with van der Waals surface area (Å²) < 4.78 is 16.5. The van der Waals surface area contributed by atoms with Crippen LogP contribution in [0, 0.1) is 5.82 Å². The fourth-order valence-electron chi connectivity index (χ4n) is 5.80. The fourth-order valence-corrected chi connectivity index (χ4v) is 5.80. The van der Waals surface area contributed by atoms with Crippen LogP contribution in [-0.2, 0) is 6.54 Å². The number of piperidine rings is 1. The van der Waals surface area contributed by atoms with E-state index >= 15 is 0 Å². The van der Waals surface area contributed by atoms with Crippen molar-refractivity contribution in [2.45, 2.75) is 71.8 Å². The molecule has 0 spiro atoms. The first-order valence-corrected chi connectivity index (χ1v) is 14.9. The van der Waals surface area contributed by atoms with Gasteiger partial charge in [0, 0.05) is 47.9 Å². The number of carbonyl (C=O) groups is 1. The average molecular weight is 532 g/mol. The monoisotopic (exact) mass is 531 g/mol. The minimum absolute atomic E-state index is 0.0931. The predicted octanol–water partition coefficient (Wildman–Crippen LogP) is 7.24. The zero-order valence-corrected chi connectivity index (χ0v) is 23.5. The van der Waals surface area contributed by atoms with E-state index in [0.717, 1.165) is 91.6 Å². The van der Waals surface area contributed by atoms with E-state index < -0.39 is 0 Å². The molecule has 1 aliphatic rings. The number of H-pyrrole nitrogens is 1. The summed E-state index contributed by atoms with van der Waals surface area (Å²) in [5.74, 6) is 0.651. The second kappa shape index (κ2) is 12.8. The first kappa shape index (κ1) is 27.4. The van der Waals surface area contributed by atoms with E-state index in [2.05, 4.69) is 28.3 Å². The summed E-state index contributed by atoms with van der Waals surface area (Å²) in [6.45, 7) is 10.1. The van der Waals surface area contributed by atoms with Crippen molar-refractivity contribution in [1.29, 1.82) is 0 Å². The third-order valence-electron chi connectivity index (χ3n) is 8.04. The predicted molar refractivity (Wildman–Crippen MR) is 158 cm³/mol. The van der Waals surface area contributed by atoms with Crippen molar-refractivity contribution in [1.82, 2.24) is 24.3 Å². The molecule has 0 radical (unpaired) electrons. The van der Waals surface area contributed by atoms with Crippen LogP contribution in [0.3, 0.4) is 0 Å². The molecule has 1 N–H and O–H groups in total. The highest BCUT2D eigenvalue weighted by Gasteiger charge is 2.21. The molecule has 0 unspecified atom stereocenters. The van der Waals surface area contributed by atoms with Crippen molar-refractivity contribution in [2.24, 2.45) is 0 Å². The summed E-state index contributed by atoms with van der Waals surface area (Å²) in [5.41, 5.74) is 4.31. The molecular weight excluding hydrogens is 489 g/mol. The summed E-state index contributed by atoms with van der Waals surface area (Å²) in [7, 11) is 0. The Bertz CT molecular complexity index is 1390. The maximum Gasteiger partial charge on any atom is 0.253 e. The maximum atomic E-state index is 14.2. The SMILES string of the molecule is CCCCN(CCCC)C(=O)c1ccc2nc(-c3c[nH]c4ccc(F)cc34)n(CCCN3CCCCC3)c2c1. The molecule has 1 aliphatic heterocycles. The molecule has 7 heteroatoms. The molecule has 2 aromatic heterocycles. The van der Waals surface area contributed by atoms with Crippen LogP contribution >= 0.6 is 0 Å². The number of aryl methyl sites for hydroxylation is 1. The van der Waals surface area contributed by atoms with Crippen LogP contribution in [0.2, 0.25) is 0 Å². The van der Waals surface area contributed by atoms with Gasteiger partial charge in [0.1, 0.15) is 11.6 Å². The van der Waals surface area contributed by atoms with Crippen LogP contribution in [0.25, 0.3) is 33.3 Å². The second-order valence-electron chi connectivity index (χ2n) is 10.9. The number of rotatable bonds is 12. The van der Waals surface area contributed by atoms with E-state index in [4.69, 9.17) is 4.98 Å². The lowest BCUT2D eigenvalue weighted by Crippen LogP contribution is -2.33. The largest absolute Gasteiger partial charge is 0.360 e. The van der Waals surface area contributed by atoms with E-state index in [-0.39, 0.29) is 11.7 Å². The number of aromatic nitrogens is 3. The molecule has 4 aromatic rings. The Morgan fingerprint density at radius 3 is 2.49 bits per heavy atom. The van der Waals surface area contributed by atoms with Crippen LogP contribution in [0.15, 0.2) is 42.6 Å². The molecule has 0 bridgehead atoms. The van der Waals surface area contributed by atoms with Gasteiger partial charge in [-0.3, -0.25) is 4.79 Å². The molecule has 3 heterocycles. The number of nitrogens with zero attached hydrogens (tertiary/aromatic N) is 4. The van der Waals surface area contributed by atoms with Gasteiger partial charge in [0.25, 0.3) is 5.91 Å². The summed E-state index contributed by atoms with van der Waals surface area (Å²) in [6.07, 6.45) is 10.9. The van der Waals surface area contributed by atoms with Crippen LogP contribution in [0.1, 0.15) is 75.6 Å². The molecule has 1 fully saturated rings. The highest BCUT2D eigenvalue weighted by atomic mass is 19.1. The van der Waals surface area contributed by atoms with Gasteiger partial charge in [-0.25, -0.2) is 9.37 Å². The van der Waals surface area contributed by atoms with Crippen molar-refractivity contribution >= 4 is 27.8 Å². The Hall–Kier alpha value is -3.19. The van der Waals surface area contributed by atoms with Gasteiger partial charge in [-0.1, -0.05) is 33.1 Å². The van der Waals surface area contributed by atoms with Gasteiger partial charge >= 0.3 is 0 Å². The van der Waals surface area contributed by atoms with Gasteiger partial charge in [-0.2, -0.15) is 0 Å². The maximum absolute atomic E-state index is 14.2. The van der Waals surface area contributed by atoms with Crippen molar-refractivity contribution in [3.8, 4) is 11.4 Å². The molecular formula is C32H42FN5O. The zero-order valence-electron chi connectivity index (χ0n) is 23.5. The van der Waals surface area contributed by atoms with Gasteiger partial charge in [-0.15, -0.1) is 0 Å². The molecule has 39 heavy (non-hydrogen) atoms. The number of hydrogen-bond acceptors (Lipinski definition) is 3. The van der Waals surface area contributed by atoms with Crippen molar-refractivity contribution in [3.63, 3.8) is 0 Å². The number of aromatic amines is 1. The third-order valence-corrected chi connectivity index (χ3v) is 8.04. The molecule has 2 aromatic carbocycles. The number of halogens is 1. The van der Waals surface area contributed by atoms with Gasteiger partial charge < -0.3 is 19.4 Å². The number of nitrogens with one attached hydrogen (secondary N) is 1. The van der Waals surface area contributed by atoms with E-state index in [1.807, 2.05) is 29.3 Å². The Balaban J connectivity index is 1.51. The number of fused-ring (bicyclic) bond motifs is 2. The standard InChI is InChI=1S/C32H42FN5O/c1-3-5-18-37(19-6-4-2)32(39)24-11-13-29-30(21-24)38(20-10-17-36-15-8-7-9-16-36)31(35-29)27-23-34-28-14-12-25(33)22-26(27)28/h11-14,21-23,34H,3-10,15-20H2,1-2H3. The Morgan fingerprint density at radius 1 is 0.974 bits per heavy atom. The Kier molecular flexibility index (Phi) is 8.97. The average Bonchev–Trinajstić information content (AvgIpc) is 3.53. The number of carbonyl (C=O) groups excluding carboxylic acids is 1. The highest BCUT2D eigenvalue weighted by molar-refractivity contribution is 5.99. The van der Waals surface area contributed by atoms with Gasteiger partial charge in [-0.05, 0) is 88.1 Å². The summed E-state index contributed by atoms with van der Waals surface area (Å²) in [5, 5.41) is 0.823. The summed E-state index contributed by atoms with van der Waals surface area (Å²) >= 11 is 0. The van der Waals surface area contributed by atoms with E-state index in [9.17, 15) is 9.18 Å². The topological polar surface area (TPSA) is 57.2 Å². The van der Waals surface area contributed by atoms with Crippen LogP contribution < -0.4 is 0 Å². The fraction of sp³-hybridized carbons (Fsp3) is 0.500. The number of imidazole rings is 1. The molecule has 0 atom stereocenters. The first-order valence-electron chi connectivity index (χ1n) is 14.9. The second-order valence-corrected chi connectivity index (χ2v) is 10.9. The molecule has 208 valence electrons. The molecule has 6 nitrogen and oxygen atoms in total. The van der Waals surface area contributed by atoms with Crippen LogP contribution in [0.5, 0.6) is 0 Å². The lowest BCUT2D eigenvalue weighted by atomic mass is 10.1.